The lowest BCUT2D eigenvalue weighted by Gasteiger charge is -2.39. The van der Waals surface area contributed by atoms with Crippen molar-refractivity contribution in [3.63, 3.8) is 0 Å². The van der Waals surface area contributed by atoms with E-state index in [0.29, 0.717) is 6.42 Å². The Hall–Kier alpha value is -1.56. The van der Waals surface area contributed by atoms with Crippen LogP contribution in [0.5, 0.6) is 0 Å². The Morgan fingerprint density at radius 3 is 1.27 bits per heavy atom. The molecule has 0 radical (unpaired) electrons. The Morgan fingerprint density at radius 1 is 0.476 bits per heavy atom. The summed E-state index contributed by atoms with van der Waals surface area (Å²) in [7, 11) is 0. The Morgan fingerprint density at radius 2 is 0.841 bits per heavy atom. The number of hydrogen-bond acceptors (Lipinski definition) is 10. The number of hydrogen-bond donors (Lipinski definition) is 4. The normalized spacial score (nSPS) is 19.5. The summed E-state index contributed by atoms with van der Waals surface area (Å²) < 4.78 is 22.2. The lowest BCUT2D eigenvalue weighted by molar-refractivity contribution is -0.305. The van der Waals surface area contributed by atoms with E-state index < -0.39 is 49.4 Å². The van der Waals surface area contributed by atoms with Crippen LogP contribution in [-0.2, 0) is 28.5 Å². The van der Waals surface area contributed by atoms with Crippen LogP contribution in [0.25, 0.3) is 0 Å². The molecule has 1 rings (SSSR count). The van der Waals surface area contributed by atoms with E-state index in [1.165, 1.54) is 186 Å². The van der Waals surface area contributed by atoms with E-state index >= 15 is 0 Å². The zero-order valence-electron chi connectivity index (χ0n) is 40.8. The molecule has 372 valence electrons. The quantitative estimate of drug-likeness (QED) is 0.0264. The number of allylic oxidation sites excluding steroid dienone is 2. The molecule has 0 amide bonds. The number of rotatable bonds is 46. The highest BCUT2D eigenvalue weighted by molar-refractivity contribution is 5.70. The molecule has 10 heteroatoms. The number of ether oxygens (including phenoxy) is 4. The fraction of sp³-hybridized carbons (Fsp3) is 0.925. The van der Waals surface area contributed by atoms with Crippen LogP contribution in [0.2, 0.25) is 0 Å². The monoisotopic (exact) mass is 897 g/mol. The number of esters is 2. The topological polar surface area (TPSA) is 152 Å². The first kappa shape index (κ1) is 59.5. The van der Waals surface area contributed by atoms with Crippen molar-refractivity contribution in [1.29, 1.82) is 0 Å². The maximum absolute atomic E-state index is 12.8. The maximum Gasteiger partial charge on any atom is 0.306 e. The summed E-state index contributed by atoms with van der Waals surface area (Å²) in [6, 6.07) is 0. The molecule has 0 saturated carbocycles. The lowest BCUT2D eigenvalue weighted by atomic mass is 9.99. The first-order chi connectivity index (χ1) is 30.8. The van der Waals surface area contributed by atoms with E-state index in [0.717, 1.165) is 38.5 Å². The van der Waals surface area contributed by atoms with Crippen molar-refractivity contribution in [3.8, 4) is 0 Å². The van der Waals surface area contributed by atoms with Crippen molar-refractivity contribution in [3.05, 3.63) is 12.2 Å². The standard InChI is InChI=1S/C53H100O10/c1-3-5-7-9-11-13-15-17-19-20-21-22-23-24-25-26-28-29-31-33-35-37-39-41-48(55)60-44-46(45-61-53-52(59)51(58)50(57)47(43-54)63-53)62-49(56)42-40-38-36-34-32-30-27-18-16-14-12-10-8-6-4-2/h32,34,46-47,50-54,57-59H,3-31,33,35-45H2,1-2H3/b34-32+/t46-,47-,50+,51?,52?,53-/m0/s1. The Kier molecular flexibility index (Phi) is 41.8. The van der Waals surface area contributed by atoms with Crippen LogP contribution in [0.4, 0.5) is 0 Å². The fourth-order valence-electron chi connectivity index (χ4n) is 8.42. The summed E-state index contributed by atoms with van der Waals surface area (Å²) in [5.41, 5.74) is 0. The van der Waals surface area contributed by atoms with Gasteiger partial charge in [-0.1, -0.05) is 219 Å². The third-order valence-corrected chi connectivity index (χ3v) is 12.7. The zero-order valence-corrected chi connectivity index (χ0v) is 40.8. The van der Waals surface area contributed by atoms with E-state index in [1.807, 2.05) is 0 Å². The van der Waals surface area contributed by atoms with Crippen LogP contribution in [0.3, 0.4) is 0 Å². The van der Waals surface area contributed by atoms with Crippen molar-refractivity contribution in [2.24, 2.45) is 0 Å². The molecule has 0 aromatic rings. The summed E-state index contributed by atoms with van der Waals surface area (Å²) in [4.78, 5) is 25.4. The highest BCUT2D eigenvalue weighted by Crippen LogP contribution is 2.23. The highest BCUT2D eigenvalue weighted by atomic mass is 16.7. The Labute approximate surface area is 386 Å². The molecule has 0 aliphatic carbocycles. The predicted molar refractivity (Wildman–Crippen MR) is 256 cm³/mol. The van der Waals surface area contributed by atoms with Gasteiger partial charge < -0.3 is 39.4 Å². The van der Waals surface area contributed by atoms with Crippen LogP contribution >= 0.6 is 0 Å². The van der Waals surface area contributed by atoms with Gasteiger partial charge in [0.1, 0.15) is 31.0 Å². The molecule has 10 nitrogen and oxygen atoms in total. The average Bonchev–Trinajstić information content (AvgIpc) is 3.28. The van der Waals surface area contributed by atoms with E-state index in [-0.39, 0.29) is 32.0 Å². The van der Waals surface area contributed by atoms with Gasteiger partial charge in [0.2, 0.25) is 0 Å². The van der Waals surface area contributed by atoms with Gasteiger partial charge in [-0.05, 0) is 38.5 Å². The van der Waals surface area contributed by atoms with Crippen LogP contribution in [-0.4, -0.2) is 89.0 Å². The third-order valence-electron chi connectivity index (χ3n) is 12.7. The molecule has 0 aromatic carbocycles. The van der Waals surface area contributed by atoms with Gasteiger partial charge >= 0.3 is 11.9 Å². The van der Waals surface area contributed by atoms with Crippen molar-refractivity contribution >= 4 is 11.9 Å². The van der Waals surface area contributed by atoms with Crippen LogP contribution < -0.4 is 0 Å². The van der Waals surface area contributed by atoms with E-state index in [9.17, 15) is 30.0 Å². The van der Waals surface area contributed by atoms with Crippen LogP contribution in [0.15, 0.2) is 12.2 Å². The minimum atomic E-state index is -1.59. The molecule has 1 aliphatic heterocycles. The van der Waals surface area contributed by atoms with Gasteiger partial charge in [0.25, 0.3) is 0 Å². The first-order valence-corrected chi connectivity index (χ1v) is 26.8. The van der Waals surface area contributed by atoms with Gasteiger partial charge in [-0.3, -0.25) is 9.59 Å². The minimum Gasteiger partial charge on any atom is -0.462 e. The van der Waals surface area contributed by atoms with Gasteiger partial charge in [0, 0.05) is 12.8 Å². The predicted octanol–water partition coefficient (Wildman–Crippen LogP) is 12.7. The van der Waals surface area contributed by atoms with Gasteiger partial charge in [0.05, 0.1) is 13.2 Å². The molecule has 1 heterocycles. The minimum absolute atomic E-state index is 0.204. The van der Waals surface area contributed by atoms with E-state index in [2.05, 4.69) is 26.0 Å². The second-order valence-corrected chi connectivity index (χ2v) is 18.7. The molecule has 0 aromatic heterocycles. The van der Waals surface area contributed by atoms with E-state index in [1.54, 1.807) is 0 Å². The number of aliphatic hydroxyl groups excluding tert-OH is 4. The zero-order chi connectivity index (χ0) is 45.9. The van der Waals surface area contributed by atoms with Crippen molar-refractivity contribution in [1.82, 2.24) is 0 Å². The van der Waals surface area contributed by atoms with Gasteiger partial charge in [-0.2, -0.15) is 0 Å². The van der Waals surface area contributed by atoms with Gasteiger partial charge in [0.15, 0.2) is 12.4 Å². The largest absolute Gasteiger partial charge is 0.462 e. The fourth-order valence-corrected chi connectivity index (χ4v) is 8.42. The summed E-state index contributed by atoms with van der Waals surface area (Å²) in [6.07, 6.45) is 42.3. The van der Waals surface area contributed by atoms with Crippen molar-refractivity contribution in [2.75, 3.05) is 19.8 Å². The third kappa shape index (κ3) is 35.3. The molecule has 63 heavy (non-hydrogen) atoms. The van der Waals surface area contributed by atoms with Crippen molar-refractivity contribution < 1.29 is 49.0 Å². The number of unbranched alkanes of at least 4 members (excludes halogenated alkanes) is 33. The summed E-state index contributed by atoms with van der Waals surface area (Å²) in [6.45, 7) is 3.45. The SMILES string of the molecule is CCCCCCCCCCC/C=C/CCCCC(=O)O[C@@H](COC(=O)CCCCCCCCCCCCCCCCCCCCCCCCC)CO[C@H]1O[C@@H](CO)[C@@H](O)C(O)C1O. The molecule has 1 aliphatic rings. The molecular weight excluding hydrogens is 797 g/mol. The van der Waals surface area contributed by atoms with Gasteiger partial charge in [-0.15, -0.1) is 0 Å². The molecule has 0 bridgehead atoms. The molecule has 1 fully saturated rings. The number of carbonyl (C=O) groups is 2. The Bertz CT molecular complexity index is 1040. The summed E-state index contributed by atoms with van der Waals surface area (Å²) >= 11 is 0. The smallest absolute Gasteiger partial charge is 0.306 e. The number of carbonyl (C=O) groups excluding carboxylic acids is 2. The molecule has 4 N–H and O–H groups in total. The molecule has 0 spiro atoms. The molecule has 1 saturated heterocycles. The van der Waals surface area contributed by atoms with Gasteiger partial charge in [-0.25, -0.2) is 0 Å². The highest BCUT2D eigenvalue weighted by Gasteiger charge is 2.44. The Balaban J connectivity index is 2.21. The number of aliphatic hydroxyl groups is 4. The molecule has 2 unspecified atom stereocenters. The molecule has 6 atom stereocenters. The molecular formula is C53H100O10. The average molecular weight is 897 g/mol. The van der Waals surface area contributed by atoms with E-state index in [4.69, 9.17) is 18.9 Å². The second kappa shape index (κ2) is 44.3. The van der Waals surface area contributed by atoms with Crippen LogP contribution in [0, 0.1) is 0 Å². The lowest BCUT2D eigenvalue weighted by Crippen LogP contribution is -2.59. The second-order valence-electron chi connectivity index (χ2n) is 18.7. The maximum atomic E-state index is 12.8. The van der Waals surface area contributed by atoms with Crippen molar-refractivity contribution in [2.45, 2.75) is 295 Å². The summed E-state index contributed by atoms with van der Waals surface area (Å²) in [5.74, 6) is -0.816. The summed E-state index contributed by atoms with van der Waals surface area (Å²) in [5, 5.41) is 40.2. The van der Waals surface area contributed by atoms with Crippen LogP contribution in [0.1, 0.15) is 258 Å². The first-order valence-electron chi connectivity index (χ1n) is 26.8.